The van der Waals surface area contributed by atoms with E-state index in [-0.39, 0.29) is 12.4 Å². The highest BCUT2D eigenvalue weighted by Crippen LogP contribution is 2.20. The van der Waals surface area contributed by atoms with Crippen LogP contribution in [0.2, 0.25) is 0 Å². The summed E-state index contributed by atoms with van der Waals surface area (Å²) in [6.45, 7) is 2.08. The van der Waals surface area contributed by atoms with E-state index in [1.807, 2.05) is 32.3 Å². The van der Waals surface area contributed by atoms with Gasteiger partial charge in [-0.1, -0.05) is 6.07 Å². The number of benzene rings is 1. The van der Waals surface area contributed by atoms with Gasteiger partial charge in [-0.2, -0.15) is 0 Å². The van der Waals surface area contributed by atoms with Gasteiger partial charge in [-0.25, -0.2) is 0 Å². The zero-order chi connectivity index (χ0) is 8.43. The number of rotatable bonds is 1. The maximum absolute atomic E-state index is 5.64. The van der Waals surface area contributed by atoms with Crippen LogP contribution in [0.4, 0.5) is 11.4 Å². The molecule has 0 unspecified atom stereocenters. The first-order valence-corrected chi connectivity index (χ1v) is 3.64. The van der Waals surface area contributed by atoms with E-state index in [9.17, 15) is 0 Å². The molecule has 0 bridgehead atoms. The average Bonchev–Trinajstić information content (AvgIpc) is 1.94. The second kappa shape index (κ2) is 4.21. The van der Waals surface area contributed by atoms with E-state index in [4.69, 9.17) is 5.73 Å². The molecule has 1 aromatic carbocycles. The molecule has 1 aromatic rings. The minimum atomic E-state index is 0. The zero-order valence-electron chi connectivity index (χ0n) is 7.66. The molecule has 2 nitrogen and oxygen atoms in total. The number of anilines is 2. The van der Waals surface area contributed by atoms with Crippen LogP contribution in [0.25, 0.3) is 0 Å². The van der Waals surface area contributed by atoms with Crippen molar-refractivity contribution in [3.05, 3.63) is 23.8 Å². The second-order valence-corrected chi connectivity index (χ2v) is 2.94. The van der Waals surface area contributed by atoms with Gasteiger partial charge in [0.25, 0.3) is 0 Å². The number of nitrogens with zero attached hydrogens (tertiary/aromatic N) is 1. The lowest BCUT2D eigenvalue weighted by Crippen LogP contribution is -2.10. The minimum absolute atomic E-state index is 0. The molecule has 0 radical (unpaired) electrons. The Balaban J connectivity index is 0.00000121. The molecule has 1 rings (SSSR count). The van der Waals surface area contributed by atoms with Gasteiger partial charge in [0.05, 0.1) is 0 Å². The fourth-order valence-electron chi connectivity index (χ4n) is 1.11. The highest BCUT2D eigenvalue weighted by atomic mass is 35.5. The minimum Gasteiger partial charge on any atom is -0.399 e. The number of halogens is 1. The highest BCUT2D eigenvalue weighted by molar-refractivity contribution is 5.85. The van der Waals surface area contributed by atoms with Gasteiger partial charge < -0.3 is 10.6 Å². The molecule has 2 N–H and O–H groups in total. The summed E-state index contributed by atoms with van der Waals surface area (Å²) in [7, 11) is 4.03. The molecule has 0 aliphatic rings. The van der Waals surface area contributed by atoms with Crippen molar-refractivity contribution in [2.75, 3.05) is 24.7 Å². The second-order valence-electron chi connectivity index (χ2n) is 2.94. The summed E-state index contributed by atoms with van der Waals surface area (Å²) >= 11 is 0. The Hall–Kier alpha value is -0.890. The van der Waals surface area contributed by atoms with E-state index in [0.717, 1.165) is 5.69 Å². The Morgan fingerprint density at radius 2 is 1.83 bits per heavy atom. The molecule has 0 aromatic heterocycles. The molecular formula is C9H15ClN2. The number of hydrogen-bond acceptors (Lipinski definition) is 2. The molecule has 0 saturated carbocycles. The van der Waals surface area contributed by atoms with Crippen LogP contribution in [0.1, 0.15) is 5.56 Å². The van der Waals surface area contributed by atoms with Crippen molar-refractivity contribution in [1.29, 1.82) is 0 Å². The topological polar surface area (TPSA) is 29.3 Å². The molecule has 0 fully saturated rings. The standard InChI is InChI=1S/C9H14N2.ClH/c1-7-4-5-8(10)6-9(7)11(2)3;/h4-6H,10H2,1-3H3;1H. The maximum Gasteiger partial charge on any atom is 0.0411 e. The summed E-state index contributed by atoms with van der Waals surface area (Å²) in [5.74, 6) is 0. The SMILES string of the molecule is Cc1ccc(N)cc1N(C)C.Cl. The van der Waals surface area contributed by atoms with Crippen LogP contribution in [-0.2, 0) is 0 Å². The van der Waals surface area contributed by atoms with E-state index in [2.05, 4.69) is 11.8 Å². The third-order valence-electron chi connectivity index (χ3n) is 1.71. The van der Waals surface area contributed by atoms with E-state index in [0.29, 0.717) is 0 Å². The Bertz CT molecular complexity index is 259. The van der Waals surface area contributed by atoms with Gasteiger partial charge in [-0.15, -0.1) is 12.4 Å². The third-order valence-corrected chi connectivity index (χ3v) is 1.71. The van der Waals surface area contributed by atoms with Crippen molar-refractivity contribution in [2.45, 2.75) is 6.92 Å². The molecule has 0 spiro atoms. The monoisotopic (exact) mass is 186 g/mol. The van der Waals surface area contributed by atoms with Crippen molar-refractivity contribution in [1.82, 2.24) is 0 Å². The number of hydrogen-bond donors (Lipinski definition) is 1. The Morgan fingerprint density at radius 3 is 2.25 bits per heavy atom. The molecule has 0 atom stereocenters. The Kier molecular flexibility index (Phi) is 3.90. The van der Waals surface area contributed by atoms with Gasteiger partial charge in [0, 0.05) is 25.5 Å². The average molecular weight is 187 g/mol. The molecule has 0 aliphatic heterocycles. The predicted molar refractivity (Wildman–Crippen MR) is 57.2 cm³/mol. The summed E-state index contributed by atoms with van der Waals surface area (Å²) in [5, 5.41) is 0. The molecule has 12 heavy (non-hydrogen) atoms. The van der Waals surface area contributed by atoms with Crippen LogP contribution in [0.15, 0.2) is 18.2 Å². The van der Waals surface area contributed by atoms with Crippen LogP contribution in [0, 0.1) is 6.92 Å². The van der Waals surface area contributed by atoms with E-state index < -0.39 is 0 Å². The summed E-state index contributed by atoms with van der Waals surface area (Å²) in [5.41, 5.74) is 8.90. The van der Waals surface area contributed by atoms with Gasteiger partial charge in [0.2, 0.25) is 0 Å². The quantitative estimate of drug-likeness (QED) is 0.681. The molecule has 0 aliphatic carbocycles. The fraction of sp³-hybridized carbons (Fsp3) is 0.333. The lowest BCUT2D eigenvalue weighted by atomic mass is 10.2. The van der Waals surface area contributed by atoms with Crippen molar-refractivity contribution >= 4 is 23.8 Å². The molecule has 0 saturated heterocycles. The van der Waals surface area contributed by atoms with Crippen molar-refractivity contribution in [3.8, 4) is 0 Å². The summed E-state index contributed by atoms with van der Waals surface area (Å²) in [4.78, 5) is 2.06. The number of aryl methyl sites for hydroxylation is 1. The van der Waals surface area contributed by atoms with E-state index in [1.54, 1.807) is 0 Å². The Morgan fingerprint density at radius 1 is 1.25 bits per heavy atom. The zero-order valence-corrected chi connectivity index (χ0v) is 8.48. The normalized spacial score (nSPS) is 8.92. The fourth-order valence-corrected chi connectivity index (χ4v) is 1.11. The lowest BCUT2D eigenvalue weighted by Gasteiger charge is -2.15. The van der Waals surface area contributed by atoms with Crippen molar-refractivity contribution in [3.63, 3.8) is 0 Å². The third kappa shape index (κ3) is 2.31. The van der Waals surface area contributed by atoms with E-state index >= 15 is 0 Å². The van der Waals surface area contributed by atoms with Crippen LogP contribution >= 0.6 is 12.4 Å². The van der Waals surface area contributed by atoms with Crippen molar-refractivity contribution in [2.24, 2.45) is 0 Å². The smallest absolute Gasteiger partial charge is 0.0411 e. The predicted octanol–water partition coefficient (Wildman–Crippen LogP) is 2.07. The van der Waals surface area contributed by atoms with Crippen LogP contribution in [-0.4, -0.2) is 14.1 Å². The van der Waals surface area contributed by atoms with E-state index in [1.165, 1.54) is 11.3 Å². The molecular weight excluding hydrogens is 172 g/mol. The van der Waals surface area contributed by atoms with Gasteiger partial charge in [-0.05, 0) is 24.6 Å². The maximum atomic E-state index is 5.64. The number of nitrogens with two attached hydrogens (primary N) is 1. The van der Waals surface area contributed by atoms with Crippen LogP contribution in [0.3, 0.4) is 0 Å². The van der Waals surface area contributed by atoms with Gasteiger partial charge in [0.1, 0.15) is 0 Å². The van der Waals surface area contributed by atoms with Crippen LogP contribution in [0.5, 0.6) is 0 Å². The molecule has 3 heteroatoms. The highest BCUT2D eigenvalue weighted by Gasteiger charge is 1.98. The summed E-state index contributed by atoms with van der Waals surface area (Å²) in [6.07, 6.45) is 0. The van der Waals surface area contributed by atoms with Crippen molar-refractivity contribution < 1.29 is 0 Å². The molecule has 0 heterocycles. The largest absolute Gasteiger partial charge is 0.399 e. The summed E-state index contributed by atoms with van der Waals surface area (Å²) in [6, 6.07) is 5.93. The van der Waals surface area contributed by atoms with Crippen LogP contribution < -0.4 is 10.6 Å². The number of nitrogen functional groups attached to an aromatic ring is 1. The summed E-state index contributed by atoms with van der Waals surface area (Å²) < 4.78 is 0. The lowest BCUT2D eigenvalue weighted by molar-refractivity contribution is 1.12. The first-order valence-electron chi connectivity index (χ1n) is 3.64. The molecule has 0 amide bonds. The molecule has 68 valence electrons. The first-order chi connectivity index (χ1) is 5.11. The first kappa shape index (κ1) is 11.1. The Labute approximate surface area is 79.8 Å². The van der Waals surface area contributed by atoms with Gasteiger partial charge in [-0.3, -0.25) is 0 Å². The van der Waals surface area contributed by atoms with Gasteiger partial charge >= 0.3 is 0 Å². The van der Waals surface area contributed by atoms with Gasteiger partial charge in [0.15, 0.2) is 0 Å².